The van der Waals surface area contributed by atoms with Crippen LogP contribution in [0.25, 0.3) is 32.3 Å². The van der Waals surface area contributed by atoms with Gasteiger partial charge in [0, 0.05) is 17.6 Å². The maximum absolute atomic E-state index is 3.60. The zero-order chi connectivity index (χ0) is 14.2. The van der Waals surface area contributed by atoms with Crippen molar-refractivity contribution < 1.29 is 0 Å². The fourth-order valence-electron chi connectivity index (χ4n) is 3.29. The minimum Gasteiger partial charge on any atom is -0.385 e. The highest BCUT2D eigenvalue weighted by molar-refractivity contribution is 6.25. The van der Waals surface area contributed by atoms with Crippen LogP contribution in [0.15, 0.2) is 54.6 Å². The molecular formula is C20H20ClN. The van der Waals surface area contributed by atoms with Crippen molar-refractivity contribution in [2.45, 2.75) is 19.8 Å². The summed E-state index contributed by atoms with van der Waals surface area (Å²) in [7, 11) is 0. The summed E-state index contributed by atoms with van der Waals surface area (Å²) in [6, 6.07) is 20.0. The average Bonchev–Trinajstić information content (AvgIpc) is 2.54. The maximum Gasteiger partial charge on any atom is 0.0420 e. The lowest BCUT2D eigenvalue weighted by Crippen LogP contribution is -2.01. The molecule has 4 aromatic carbocycles. The summed E-state index contributed by atoms with van der Waals surface area (Å²) in [5.74, 6) is 0. The fraction of sp³-hybridized carbons (Fsp3) is 0.200. The average molecular weight is 310 g/mol. The van der Waals surface area contributed by atoms with Gasteiger partial charge in [-0.3, -0.25) is 0 Å². The smallest absolute Gasteiger partial charge is 0.0420 e. The van der Waals surface area contributed by atoms with Crippen LogP contribution < -0.4 is 5.32 Å². The largest absolute Gasteiger partial charge is 0.385 e. The molecule has 0 heterocycles. The number of halogens is 1. The van der Waals surface area contributed by atoms with Crippen molar-refractivity contribution in [1.29, 1.82) is 0 Å². The molecule has 0 spiro atoms. The number of hydrogen-bond donors (Lipinski definition) is 1. The van der Waals surface area contributed by atoms with Crippen molar-refractivity contribution in [3.63, 3.8) is 0 Å². The van der Waals surface area contributed by atoms with Crippen LogP contribution in [-0.2, 0) is 0 Å². The van der Waals surface area contributed by atoms with Gasteiger partial charge in [-0.05, 0) is 39.4 Å². The topological polar surface area (TPSA) is 12.0 Å². The molecule has 2 heteroatoms. The van der Waals surface area contributed by atoms with Crippen LogP contribution in [-0.4, -0.2) is 6.54 Å². The van der Waals surface area contributed by atoms with E-state index in [2.05, 4.69) is 66.8 Å². The van der Waals surface area contributed by atoms with E-state index in [1.165, 1.54) is 50.8 Å². The monoisotopic (exact) mass is 309 g/mol. The molecule has 0 aliphatic heterocycles. The highest BCUT2D eigenvalue weighted by Gasteiger charge is 2.10. The van der Waals surface area contributed by atoms with Crippen LogP contribution in [0.3, 0.4) is 0 Å². The van der Waals surface area contributed by atoms with Crippen LogP contribution in [0, 0.1) is 0 Å². The van der Waals surface area contributed by atoms with Gasteiger partial charge in [0.15, 0.2) is 0 Å². The molecule has 0 saturated heterocycles. The molecule has 0 fully saturated rings. The lowest BCUT2D eigenvalue weighted by Gasteiger charge is -2.14. The zero-order valence-electron chi connectivity index (χ0n) is 12.7. The molecule has 0 aliphatic rings. The first-order chi connectivity index (χ1) is 10.4. The summed E-state index contributed by atoms with van der Waals surface area (Å²) in [5, 5.41) is 11.7. The number of nitrogens with one attached hydrogen (secondary N) is 1. The second kappa shape index (κ2) is 6.02. The molecule has 22 heavy (non-hydrogen) atoms. The third kappa shape index (κ3) is 2.26. The van der Waals surface area contributed by atoms with E-state index in [0.29, 0.717) is 0 Å². The molecule has 4 rings (SSSR count). The fourth-order valence-corrected chi connectivity index (χ4v) is 3.29. The Hall–Kier alpha value is -1.99. The molecule has 112 valence electrons. The summed E-state index contributed by atoms with van der Waals surface area (Å²) in [6.45, 7) is 3.27. The van der Waals surface area contributed by atoms with Crippen molar-refractivity contribution >= 4 is 50.4 Å². The maximum atomic E-state index is 3.60. The lowest BCUT2D eigenvalue weighted by atomic mass is 9.93. The highest BCUT2D eigenvalue weighted by Crippen LogP contribution is 2.37. The van der Waals surface area contributed by atoms with Crippen molar-refractivity contribution in [1.82, 2.24) is 0 Å². The Bertz CT molecular complexity index is 898. The normalized spacial score (nSPS) is 11.1. The molecule has 0 saturated carbocycles. The molecule has 4 aromatic rings. The Kier molecular flexibility index (Phi) is 4.08. The Balaban J connectivity index is 0.00000144. The first-order valence-corrected chi connectivity index (χ1v) is 7.79. The van der Waals surface area contributed by atoms with Gasteiger partial charge in [0.2, 0.25) is 0 Å². The van der Waals surface area contributed by atoms with E-state index in [1.54, 1.807) is 0 Å². The zero-order valence-corrected chi connectivity index (χ0v) is 13.5. The molecule has 0 bridgehead atoms. The van der Waals surface area contributed by atoms with Crippen LogP contribution >= 0.6 is 12.4 Å². The van der Waals surface area contributed by atoms with E-state index in [-0.39, 0.29) is 12.4 Å². The summed E-state index contributed by atoms with van der Waals surface area (Å²) in [5.41, 5.74) is 1.26. The number of anilines is 1. The van der Waals surface area contributed by atoms with Crippen molar-refractivity contribution in [3.05, 3.63) is 54.6 Å². The second-order valence-corrected chi connectivity index (χ2v) is 5.75. The Labute approximate surface area is 137 Å². The molecule has 1 nitrogen and oxygen atoms in total. The molecule has 0 aromatic heterocycles. The molecule has 1 N–H and O–H groups in total. The second-order valence-electron chi connectivity index (χ2n) is 5.75. The number of hydrogen-bond acceptors (Lipinski definition) is 1. The summed E-state index contributed by atoms with van der Waals surface area (Å²) in [4.78, 5) is 0. The molecular weight excluding hydrogens is 290 g/mol. The Morgan fingerprint density at radius 2 is 1.41 bits per heavy atom. The van der Waals surface area contributed by atoms with E-state index >= 15 is 0 Å². The van der Waals surface area contributed by atoms with E-state index in [0.717, 1.165) is 6.54 Å². The molecule has 0 atom stereocenters. The predicted molar refractivity (Wildman–Crippen MR) is 101 cm³/mol. The van der Waals surface area contributed by atoms with Gasteiger partial charge in [-0.2, -0.15) is 0 Å². The van der Waals surface area contributed by atoms with Crippen molar-refractivity contribution in [3.8, 4) is 0 Å². The van der Waals surface area contributed by atoms with Gasteiger partial charge in [-0.1, -0.05) is 61.9 Å². The Morgan fingerprint density at radius 1 is 0.773 bits per heavy atom. The van der Waals surface area contributed by atoms with Crippen LogP contribution in [0.2, 0.25) is 0 Å². The molecule has 0 aliphatic carbocycles. The first-order valence-electron chi connectivity index (χ1n) is 7.79. The molecule has 0 radical (unpaired) electrons. The minimum atomic E-state index is 0. The van der Waals surface area contributed by atoms with Gasteiger partial charge >= 0.3 is 0 Å². The van der Waals surface area contributed by atoms with E-state index in [4.69, 9.17) is 0 Å². The van der Waals surface area contributed by atoms with Gasteiger partial charge in [-0.25, -0.2) is 0 Å². The first kappa shape index (κ1) is 14.9. The van der Waals surface area contributed by atoms with E-state index < -0.39 is 0 Å². The highest BCUT2D eigenvalue weighted by atomic mass is 35.5. The van der Waals surface area contributed by atoms with Crippen LogP contribution in [0.1, 0.15) is 19.8 Å². The van der Waals surface area contributed by atoms with Crippen LogP contribution in [0.4, 0.5) is 5.69 Å². The number of benzene rings is 4. The van der Waals surface area contributed by atoms with Crippen LogP contribution in [0.5, 0.6) is 0 Å². The SMILES string of the molecule is CCCCNc1ccc2ccc3cccc4ccc1c2c34.Cl. The lowest BCUT2D eigenvalue weighted by molar-refractivity contribution is 0.835. The Morgan fingerprint density at radius 3 is 2.14 bits per heavy atom. The number of unbranched alkanes of at least 4 members (excludes halogenated alkanes) is 1. The van der Waals surface area contributed by atoms with Gasteiger partial charge < -0.3 is 5.32 Å². The van der Waals surface area contributed by atoms with Gasteiger partial charge in [0.1, 0.15) is 0 Å². The van der Waals surface area contributed by atoms with E-state index in [1.807, 2.05) is 0 Å². The minimum absolute atomic E-state index is 0. The van der Waals surface area contributed by atoms with Crippen molar-refractivity contribution in [2.24, 2.45) is 0 Å². The van der Waals surface area contributed by atoms with Gasteiger partial charge in [0.05, 0.1) is 0 Å². The summed E-state index contributed by atoms with van der Waals surface area (Å²) < 4.78 is 0. The van der Waals surface area contributed by atoms with Gasteiger partial charge in [0.25, 0.3) is 0 Å². The summed E-state index contributed by atoms with van der Waals surface area (Å²) in [6.07, 6.45) is 2.43. The third-order valence-electron chi connectivity index (χ3n) is 4.37. The predicted octanol–water partition coefficient (Wildman–Crippen LogP) is 6.22. The van der Waals surface area contributed by atoms with E-state index in [9.17, 15) is 0 Å². The molecule has 0 unspecified atom stereocenters. The number of rotatable bonds is 4. The quantitative estimate of drug-likeness (QED) is 0.348. The van der Waals surface area contributed by atoms with Gasteiger partial charge in [-0.15, -0.1) is 12.4 Å². The van der Waals surface area contributed by atoms with Crippen molar-refractivity contribution in [2.75, 3.05) is 11.9 Å². The third-order valence-corrected chi connectivity index (χ3v) is 4.37. The molecule has 0 amide bonds. The summed E-state index contributed by atoms with van der Waals surface area (Å²) >= 11 is 0. The standard InChI is InChI=1S/C20H19N.ClH/c1-2-3-13-21-18-12-10-16-8-7-14-5-4-6-15-9-11-17(18)20(16)19(14)15;/h4-12,21H,2-3,13H2,1H3;1H.